The van der Waals surface area contributed by atoms with E-state index in [9.17, 15) is 19.8 Å². The lowest BCUT2D eigenvalue weighted by molar-refractivity contribution is -0.143. The van der Waals surface area contributed by atoms with E-state index in [1.807, 2.05) is 6.08 Å². The summed E-state index contributed by atoms with van der Waals surface area (Å²) in [5, 5.41) is 23.2. The summed E-state index contributed by atoms with van der Waals surface area (Å²) in [5.41, 5.74) is 0. The van der Waals surface area contributed by atoms with E-state index in [2.05, 4.69) is 55.6 Å². The Labute approximate surface area is 512 Å². The van der Waals surface area contributed by atoms with Crippen LogP contribution in [0.5, 0.6) is 0 Å². The van der Waals surface area contributed by atoms with Crippen molar-refractivity contribution >= 4 is 11.9 Å². The highest BCUT2D eigenvalue weighted by Crippen LogP contribution is 2.19. The van der Waals surface area contributed by atoms with Gasteiger partial charge in [-0.15, -0.1) is 0 Å². The van der Waals surface area contributed by atoms with Gasteiger partial charge in [0.15, 0.2) is 0 Å². The highest BCUT2D eigenvalue weighted by Gasteiger charge is 2.18. The Morgan fingerprint density at radius 1 is 0.341 bits per heavy atom. The van der Waals surface area contributed by atoms with Crippen molar-refractivity contribution in [3.8, 4) is 0 Å². The molecule has 3 N–H and O–H groups in total. The number of rotatable bonds is 69. The molecular weight excluding hydrogens is 1010 g/mol. The highest BCUT2D eigenvalue weighted by atomic mass is 16.5. The summed E-state index contributed by atoms with van der Waals surface area (Å²) in [6.07, 6.45) is 93.5. The molecule has 2 atom stereocenters. The molecule has 0 aromatic rings. The van der Waals surface area contributed by atoms with Crippen LogP contribution in [0.15, 0.2) is 48.6 Å². The minimum Gasteiger partial charge on any atom is -0.466 e. The van der Waals surface area contributed by atoms with Crippen LogP contribution < -0.4 is 5.32 Å². The predicted octanol–water partition coefficient (Wildman–Crippen LogP) is 24.0. The van der Waals surface area contributed by atoms with Crippen LogP contribution in [0.1, 0.15) is 399 Å². The van der Waals surface area contributed by atoms with Crippen molar-refractivity contribution < 1.29 is 24.5 Å². The maximum absolute atomic E-state index is 12.5. The summed E-state index contributed by atoms with van der Waals surface area (Å²) in [5.74, 6) is -0.0588. The number of aliphatic hydroxyl groups is 2. The number of carbonyl (C=O) groups is 2. The molecule has 0 saturated carbocycles. The lowest BCUT2D eigenvalue weighted by Crippen LogP contribution is -2.45. The molecule has 0 saturated heterocycles. The molecule has 6 nitrogen and oxygen atoms in total. The van der Waals surface area contributed by atoms with Gasteiger partial charge in [-0.25, -0.2) is 0 Å². The van der Waals surface area contributed by atoms with Gasteiger partial charge >= 0.3 is 5.97 Å². The normalized spacial score (nSPS) is 12.8. The zero-order valence-corrected chi connectivity index (χ0v) is 55.2. The molecule has 0 heterocycles. The van der Waals surface area contributed by atoms with E-state index in [1.165, 1.54) is 321 Å². The quantitative estimate of drug-likeness (QED) is 0.0320. The molecule has 482 valence electrons. The molecule has 0 aliphatic carbocycles. The summed E-state index contributed by atoms with van der Waals surface area (Å²) in [7, 11) is 0. The van der Waals surface area contributed by atoms with Gasteiger partial charge in [0.05, 0.1) is 25.4 Å². The van der Waals surface area contributed by atoms with Crippen LogP contribution in [0, 0.1) is 0 Å². The monoisotopic (exact) mass is 1150 g/mol. The topological polar surface area (TPSA) is 95.9 Å². The minimum atomic E-state index is -0.844. The Bertz CT molecular complexity index is 1370. The van der Waals surface area contributed by atoms with E-state index in [0.717, 1.165) is 51.4 Å². The van der Waals surface area contributed by atoms with Gasteiger partial charge in [0, 0.05) is 12.8 Å². The third-order valence-corrected chi connectivity index (χ3v) is 17.1. The number of aliphatic hydroxyl groups excluding tert-OH is 2. The number of allylic oxidation sites excluding steroid dienone is 7. The third-order valence-electron chi connectivity index (χ3n) is 17.1. The van der Waals surface area contributed by atoms with Gasteiger partial charge < -0.3 is 20.3 Å². The average Bonchev–Trinajstić information content (AvgIpc) is 3.48. The van der Waals surface area contributed by atoms with Gasteiger partial charge in [0.25, 0.3) is 0 Å². The first-order valence-corrected chi connectivity index (χ1v) is 36.9. The Hall–Kier alpha value is -2.18. The smallest absolute Gasteiger partial charge is 0.305 e. The summed E-state index contributed by atoms with van der Waals surface area (Å²) in [6, 6.07) is -0.627. The van der Waals surface area contributed by atoms with Gasteiger partial charge in [0.1, 0.15) is 0 Å². The van der Waals surface area contributed by atoms with Gasteiger partial charge in [-0.2, -0.15) is 0 Å². The lowest BCUT2D eigenvalue weighted by atomic mass is 10.0. The van der Waals surface area contributed by atoms with Crippen molar-refractivity contribution in [1.29, 1.82) is 0 Å². The van der Waals surface area contributed by atoms with Gasteiger partial charge in [-0.1, -0.05) is 351 Å². The number of amides is 1. The molecular formula is C76H143NO5. The predicted molar refractivity (Wildman–Crippen MR) is 361 cm³/mol. The van der Waals surface area contributed by atoms with Gasteiger partial charge in [-0.05, 0) is 83.5 Å². The zero-order chi connectivity index (χ0) is 59.2. The van der Waals surface area contributed by atoms with E-state index in [1.54, 1.807) is 6.08 Å². The van der Waals surface area contributed by atoms with Crippen LogP contribution in [-0.4, -0.2) is 47.4 Å². The number of carbonyl (C=O) groups excluding carboxylic acids is 2. The standard InChI is InChI=1S/C76H143NO5/c1-3-5-7-9-11-13-15-17-19-20-35-38-41-44-48-52-56-60-64-68-74(79)73(72-78)77-75(80)69-65-61-57-53-49-45-42-39-36-33-31-29-27-25-23-21-22-24-26-28-30-32-34-37-40-43-47-51-55-59-63-67-71-82-76(81)70-66-62-58-54-50-46-18-16-14-12-10-8-6-4-2/h10,12,16,18,24,26,64,68,73-74,78-79H,3-9,11,13-15,17,19-23,25,27-63,65-67,69-72H2,1-2H3,(H,77,80)/b12-10-,18-16-,26-24-,68-64+. The van der Waals surface area contributed by atoms with Gasteiger partial charge in [-0.3, -0.25) is 9.59 Å². The van der Waals surface area contributed by atoms with Crippen LogP contribution in [0.2, 0.25) is 0 Å². The van der Waals surface area contributed by atoms with Crippen LogP contribution in [0.25, 0.3) is 0 Å². The Balaban J connectivity index is 3.38. The second kappa shape index (κ2) is 71.3. The fourth-order valence-corrected chi connectivity index (χ4v) is 11.4. The molecule has 0 radical (unpaired) electrons. The number of esters is 1. The van der Waals surface area contributed by atoms with Crippen molar-refractivity contribution in [2.24, 2.45) is 0 Å². The molecule has 0 bridgehead atoms. The Morgan fingerprint density at radius 3 is 0.976 bits per heavy atom. The van der Waals surface area contributed by atoms with Crippen LogP contribution >= 0.6 is 0 Å². The number of ether oxygens (including phenoxy) is 1. The van der Waals surface area contributed by atoms with Crippen molar-refractivity contribution in [2.75, 3.05) is 13.2 Å². The fourth-order valence-electron chi connectivity index (χ4n) is 11.4. The molecule has 0 rings (SSSR count). The van der Waals surface area contributed by atoms with Crippen LogP contribution in [0.3, 0.4) is 0 Å². The number of hydrogen-bond donors (Lipinski definition) is 3. The molecule has 0 aliphatic heterocycles. The Kier molecular flexibility index (Phi) is 69.4. The van der Waals surface area contributed by atoms with Crippen molar-refractivity contribution in [2.45, 2.75) is 411 Å². The molecule has 0 spiro atoms. The van der Waals surface area contributed by atoms with E-state index in [4.69, 9.17) is 4.74 Å². The minimum absolute atomic E-state index is 0.00341. The lowest BCUT2D eigenvalue weighted by Gasteiger charge is -2.20. The van der Waals surface area contributed by atoms with Crippen molar-refractivity contribution in [3.63, 3.8) is 0 Å². The fraction of sp³-hybridized carbons (Fsp3) is 0.868. The van der Waals surface area contributed by atoms with Crippen LogP contribution in [-0.2, 0) is 14.3 Å². The summed E-state index contributed by atoms with van der Waals surface area (Å²) in [6.45, 7) is 4.89. The number of nitrogens with one attached hydrogen (secondary N) is 1. The molecule has 1 amide bonds. The SMILES string of the molecule is CCCC/C=C\C/C=C\CCCCCCCC(=O)OCCCCCCCCCCCCCC/C=C\CCCCCCCCCCCCCCCCCCC(=O)NC(CO)C(O)/C=C/CCCCCCCCCCCCCCCCCCC. The van der Waals surface area contributed by atoms with E-state index in [0.29, 0.717) is 19.4 Å². The summed E-state index contributed by atoms with van der Waals surface area (Å²) >= 11 is 0. The molecule has 0 aromatic heterocycles. The van der Waals surface area contributed by atoms with Crippen LogP contribution in [0.4, 0.5) is 0 Å². The maximum Gasteiger partial charge on any atom is 0.305 e. The largest absolute Gasteiger partial charge is 0.466 e. The molecule has 0 aromatic carbocycles. The second-order valence-electron chi connectivity index (χ2n) is 25.3. The van der Waals surface area contributed by atoms with E-state index in [-0.39, 0.29) is 18.5 Å². The first-order valence-electron chi connectivity index (χ1n) is 36.9. The first-order chi connectivity index (χ1) is 40.5. The van der Waals surface area contributed by atoms with Crippen molar-refractivity contribution in [1.82, 2.24) is 5.32 Å². The Morgan fingerprint density at radius 2 is 0.622 bits per heavy atom. The maximum atomic E-state index is 12.5. The number of hydrogen-bond acceptors (Lipinski definition) is 5. The molecule has 82 heavy (non-hydrogen) atoms. The molecule has 2 unspecified atom stereocenters. The molecule has 0 aliphatic rings. The third kappa shape index (κ3) is 67.0. The average molecular weight is 1150 g/mol. The molecule has 6 heteroatoms. The van der Waals surface area contributed by atoms with Crippen molar-refractivity contribution in [3.05, 3.63) is 48.6 Å². The van der Waals surface area contributed by atoms with Gasteiger partial charge in [0.2, 0.25) is 5.91 Å². The van der Waals surface area contributed by atoms with E-state index < -0.39 is 12.1 Å². The summed E-state index contributed by atoms with van der Waals surface area (Å²) in [4.78, 5) is 24.6. The summed E-state index contributed by atoms with van der Waals surface area (Å²) < 4.78 is 5.48. The molecule has 0 fully saturated rings. The second-order valence-corrected chi connectivity index (χ2v) is 25.3. The number of unbranched alkanes of at least 4 members (excludes halogenated alkanes) is 52. The zero-order valence-electron chi connectivity index (χ0n) is 55.2. The first kappa shape index (κ1) is 79.8. The highest BCUT2D eigenvalue weighted by molar-refractivity contribution is 5.76. The van der Waals surface area contributed by atoms with E-state index >= 15 is 0 Å².